The number of rotatable bonds is 12. The van der Waals surface area contributed by atoms with Crippen LogP contribution in [0.25, 0.3) is 0 Å². The first-order chi connectivity index (χ1) is 20.7. The second-order valence-corrected chi connectivity index (χ2v) is 12.7. The zero-order chi connectivity index (χ0) is 30.5. The van der Waals surface area contributed by atoms with E-state index in [1.807, 2.05) is 97.9 Å². The normalized spacial score (nSPS) is 18.3. The number of aliphatic hydroxyl groups excluding tert-OH is 1. The maximum atomic E-state index is 14.0. The highest BCUT2D eigenvalue weighted by Gasteiger charge is 2.58. The van der Waals surface area contributed by atoms with Crippen LogP contribution < -0.4 is 0 Å². The Labute approximate surface area is 253 Å². The Morgan fingerprint density at radius 2 is 1.35 bits per heavy atom. The average molecular weight is 597 g/mol. The van der Waals surface area contributed by atoms with Crippen molar-refractivity contribution in [3.05, 3.63) is 150 Å². The molecule has 8 heteroatoms. The van der Waals surface area contributed by atoms with E-state index in [1.54, 1.807) is 12.1 Å². The number of sulfonamides is 1. The molecule has 3 atom stereocenters. The van der Waals surface area contributed by atoms with E-state index in [9.17, 15) is 18.3 Å². The van der Waals surface area contributed by atoms with Crippen molar-refractivity contribution >= 4 is 16.1 Å². The summed E-state index contributed by atoms with van der Waals surface area (Å²) in [4.78, 5) is 15.3. The van der Waals surface area contributed by atoms with Crippen molar-refractivity contribution in [3.8, 4) is 0 Å². The van der Waals surface area contributed by atoms with Crippen LogP contribution in [0.3, 0.4) is 0 Å². The van der Waals surface area contributed by atoms with Gasteiger partial charge in [-0.1, -0.05) is 115 Å². The van der Waals surface area contributed by atoms with Crippen molar-refractivity contribution in [2.75, 3.05) is 6.61 Å². The van der Waals surface area contributed by atoms with Crippen LogP contribution >= 0.6 is 0 Å². The van der Waals surface area contributed by atoms with Gasteiger partial charge in [-0.3, -0.25) is 4.90 Å². The lowest BCUT2D eigenvalue weighted by Gasteiger charge is -2.43. The minimum atomic E-state index is -4.41. The first kappa shape index (κ1) is 30.2. The molecule has 4 aromatic carbocycles. The molecule has 1 saturated heterocycles. The molecule has 0 radical (unpaired) electrons. The average Bonchev–Trinajstić information content (AvgIpc) is 3.39. The van der Waals surface area contributed by atoms with Crippen LogP contribution in [-0.4, -0.2) is 53.1 Å². The van der Waals surface area contributed by atoms with E-state index in [-0.39, 0.29) is 11.5 Å². The highest BCUT2D eigenvalue weighted by atomic mass is 32.2. The smallest absolute Gasteiger partial charge is 0.424 e. The van der Waals surface area contributed by atoms with Gasteiger partial charge >= 0.3 is 6.09 Å². The first-order valence-electron chi connectivity index (χ1n) is 14.2. The van der Waals surface area contributed by atoms with Gasteiger partial charge in [0.15, 0.2) is 0 Å². The van der Waals surface area contributed by atoms with Crippen molar-refractivity contribution in [3.63, 3.8) is 0 Å². The monoisotopic (exact) mass is 596 g/mol. The fourth-order valence-corrected chi connectivity index (χ4v) is 7.25. The van der Waals surface area contributed by atoms with Crippen molar-refractivity contribution in [2.24, 2.45) is 0 Å². The summed E-state index contributed by atoms with van der Waals surface area (Å²) < 4.78 is 34.1. The van der Waals surface area contributed by atoms with Crippen LogP contribution in [0.4, 0.5) is 4.79 Å². The molecule has 7 nitrogen and oxygen atoms in total. The molecule has 1 aliphatic rings. The summed E-state index contributed by atoms with van der Waals surface area (Å²) >= 11 is 0. The van der Waals surface area contributed by atoms with Crippen molar-refractivity contribution in [2.45, 2.75) is 49.0 Å². The zero-order valence-corrected chi connectivity index (χ0v) is 24.9. The summed E-state index contributed by atoms with van der Waals surface area (Å²) in [5, 5.41) is 12.4. The highest BCUT2D eigenvalue weighted by molar-refractivity contribution is 7.89. The SMILES string of the molecule is C=C[C@]1([C@@H](O)[C@H](Cc2ccccc2)N(Cc2ccccc2)Cc2ccccc2)COC(=O)N1S(=O)(=O)c1ccc(C)cc1. The van der Waals surface area contributed by atoms with Crippen molar-refractivity contribution < 1.29 is 23.1 Å². The predicted octanol–water partition coefficient (Wildman–Crippen LogP) is 5.74. The fraction of sp³-hybridized carbons (Fsp3) is 0.229. The summed E-state index contributed by atoms with van der Waals surface area (Å²) in [6.07, 6.45) is -0.723. The number of ether oxygens (including phenoxy) is 1. The lowest BCUT2D eigenvalue weighted by atomic mass is 9.84. The molecule has 5 rings (SSSR count). The molecule has 1 heterocycles. The van der Waals surface area contributed by atoms with Crippen molar-refractivity contribution in [1.29, 1.82) is 0 Å². The third-order valence-corrected chi connectivity index (χ3v) is 9.81. The molecule has 0 saturated carbocycles. The van der Waals surface area contributed by atoms with E-state index in [2.05, 4.69) is 11.5 Å². The number of aliphatic hydroxyl groups is 1. The lowest BCUT2D eigenvalue weighted by Crippen LogP contribution is -2.63. The van der Waals surface area contributed by atoms with E-state index >= 15 is 0 Å². The number of amides is 1. The second kappa shape index (κ2) is 13.0. The van der Waals surface area contributed by atoms with E-state index in [1.165, 1.54) is 18.2 Å². The molecule has 222 valence electrons. The molecule has 1 aliphatic heterocycles. The van der Waals surface area contributed by atoms with Crippen LogP contribution in [0.5, 0.6) is 0 Å². The minimum absolute atomic E-state index is 0.0691. The molecule has 0 aliphatic carbocycles. The number of hydrogen-bond donors (Lipinski definition) is 1. The number of carbonyl (C=O) groups is 1. The number of carbonyl (C=O) groups excluding carboxylic acids is 1. The van der Waals surface area contributed by atoms with Crippen molar-refractivity contribution in [1.82, 2.24) is 9.21 Å². The third kappa shape index (κ3) is 6.41. The van der Waals surface area contributed by atoms with E-state index in [4.69, 9.17) is 4.74 Å². The van der Waals surface area contributed by atoms with Gasteiger partial charge in [0, 0.05) is 19.1 Å². The summed E-state index contributed by atoms with van der Waals surface area (Å²) in [5.74, 6) is 0. The van der Waals surface area contributed by atoms with Gasteiger partial charge in [0.25, 0.3) is 10.0 Å². The number of aryl methyl sites for hydroxylation is 1. The molecule has 43 heavy (non-hydrogen) atoms. The molecular formula is C35H36N2O5S. The Bertz CT molecular complexity index is 1590. The maximum absolute atomic E-state index is 14.0. The Hall–Kier alpha value is -4.24. The van der Waals surface area contributed by atoms with Crippen LogP contribution in [0.1, 0.15) is 22.3 Å². The number of hydrogen-bond acceptors (Lipinski definition) is 6. The van der Waals surface area contributed by atoms with Crippen LogP contribution in [0.2, 0.25) is 0 Å². The summed E-state index contributed by atoms with van der Waals surface area (Å²) in [6, 6.07) is 35.1. The van der Waals surface area contributed by atoms with E-state index in [0.29, 0.717) is 23.8 Å². The van der Waals surface area contributed by atoms with Gasteiger partial charge in [-0.05, 0) is 42.2 Å². The molecule has 1 amide bonds. The fourth-order valence-electron chi connectivity index (χ4n) is 5.63. The molecule has 4 aromatic rings. The van der Waals surface area contributed by atoms with Gasteiger partial charge in [0.2, 0.25) is 0 Å². The van der Waals surface area contributed by atoms with Crippen LogP contribution in [0, 0.1) is 6.92 Å². The van der Waals surface area contributed by atoms with Gasteiger partial charge in [-0.25, -0.2) is 13.2 Å². The topological polar surface area (TPSA) is 87.2 Å². The van der Waals surface area contributed by atoms with Crippen LogP contribution in [0.15, 0.2) is 133 Å². The number of benzene rings is 4. The largest absolute Gasteiger partial charge is 0.446 e. The molecule has 0 spiro atoms. The first-order valence-corrected chi connectivity index (χ1v) is 15.6. The minimum Gasteiger partial charge on any atom is -0.446 e. The van der Waals surface area contributed by atoms with Crippen LogP contribution in [-0.2, 0) is 34.3 Å². The lowest BCUT2D eigenvalue weighted by molar-refractivity contribution is -0.0192. The Balaban J connectivity index is 1.62. The molecule has 0 unspecified atom stereocenters. The van der Waals surface area contributed by atoms with Gasteiger partial charge in [0.05, 0.1) is 4.90 Å². The number of nitrogens with zero attached hydrogens (tertiary/aromatic N) is 2. The summed E-state index contributed by atoms with van der Waals surface area (Å²) in [7, 11) is -4.41. The summed E-state index contributed by atoms with van der Waals surface area (Å²) in [5.41, 5.74) is 2.12. The molecular weight excluding hydrogens is 560 g/mol. The second-order valence-electron chi connectivity index (χ2n) is 10.9. The Morgan fingerprint density at radius 3 is 1.84 bits per heavy atom. The molecule has 0 bridgehead atoms. The maximum Gasteiger partial charge on any atom is 0.424 e. The highest BCUT2D eigenvalue weighted by Crippen LogP contribution is 2.38. The van der Waals surface area contributed by atoms with E-state index in [0.717, 1.165) is 22.3 Å². The predicted molar refractivity (Wildman–Crippen MR) is 167 cm³/mol. The van der Waals surface area contributed by atoms with Gasteiger partial charge < -0.3 is 9.84 Å². The Morgan fingerprint density at radius 1 is 0.860 bits per heavy atom. The Kier molecular flexibility index (Phi) is 9.11. The zero-order valence-electron chi connectivity index (χ0n) is 24.1. The van der Waals surface area contributed by atoms with Gasteiger partial charge in [0.1, 0.15) is 18.2 Å². The summed E-state index contributed by atoms with van der Waals surface area (Å²) in [6.45, 7) is 6.36. The van der Waals surface area contributed by atoms with Gasteiger partial charge in [-0.2, -0.15) is 4.31 Å². The molecule has 1 N–H and O–H groups in total. The van der Waals surface area contributed by atoms with Gasteiger partial charge in [-0.15, -0.1) is 6.58 Å². The molecule has 1 fully saturated rings. The van der Waals surface area contributed by atoms with E-state index < -0.39 is 33.8 Å². The molecule has 0 aromatic heterocycles. The standard InChI is InChI=1S/C35H36N2O5S/c1-3-35(26-42-34(39)37(35)43(40,41)31-21-19-27(2)20-22-31)33(38)32(23-28-13-7-4-8-14-28)36(24-29-15-9-5-10-16-29)25-30-17-11-6-12-18-30/h3-22,32-33,38H,1,23-26H2,2H3/t32-,33-,35+/m0/s1. The third-order valence-electron chi connectivity index (χ3n) is 7.97. The number of cyclic esters (lactones) is 1. The quantitative estimate of drug-likeness (QED) is 0.210.